The first kappa shape index (κ1) is 14.1. The van der Waals surface area contributed by atoms with Crippen molar-refractivity contribution < 1.29 is 9.90 Å². The summed E-state index contributed by atoms with van der Waals surface area (Å²) in [6, 6.07) is 7.67. The van der Waals surface area contributed by atoms with Crippen molar-refractivity contribution in [1.29, 1.82) is 0 Å². The maximum absolute atomic E-state index is 11.6. The Kier molecular flexibility index (Phi) is 4.03. The second kappa shape index (κ2) is 5.74. The molecule has 1 heterocycles. The van der Waals surface area contributed by atoms with Crippen LogP contribution in [0, 0.1) is 20.8 Å². The summed E-state index contributed by atoms with van der Waals surface area (Å²) in [6.07, 6.45) is 2.39. The molecule has 20 heavy (non-hydrogen) atoms. The summed E-state index contributed by atoms with van der Waals surface area (Å²) in [5.41, 5.74) is 4.76. The summed E-state index contributed by atoms with van der Waals surface area (Å²) in [5, 5.41) is 9.52. The molecule has 0 bridgehead atoms. The minimum absolute atomic E-state index is 0.322. The molecular weight excluding hydrogens is 252 g/mol. The molecule has 1 N–H and O–H groups in total. The number of amides is 1. The first-order valence-corrected chi connectivity index (χ1v) is 6.46. The third-order valence-electron chi connectivity index (χ3n) is 3.23. The first-order valence-electron chi connectivity index (χ1n) is 6.46. The molecule has 0 aliphatic rings. The molecule has 0 spiro atoms. The van der Waals surface area contributed by atoms with Crippen LogP contribution in [-0.2, 0) is 6.54 Å². The van der Waals surface area contributed by atoms with Crippen LogP contribution in [0.1, 0.15) is 22.3 Å². The van der Waals surface area contributed by atoms with Crippen molar-refractivity contribution in [3.8, 4) is 0 Å². The standard InChI is InChI=1S/C16H18N2O2/c1-11-8-12(2)15(13(3)9-11)18(16(19)20)10-14-4-6-17-7-5-14/h4-9H,10H2,1-3H3,(H,19,20). The fraction of sp³-hybridized carbons (Fsp3) is 0.250. The van der Waals surface area contributed by atoms with Gasteiger partial charge in [0.15, 0.2) is 0 Å². The van der Waals surface area contributed by atoms with Crippen LogP contribution < -0.4 is 4.90 Å². The van der Waals surface area contributed by atoms with Crippen LogP contribution in [0.3, 0.4) is 0 Å². The molecule has 0 saturated heterocycles. The van der Waals surface area contributed by atoms with Gasteiger partial charge in [-0.05, 0) is 49.6 Å². The lowest BCUT2D eigenvalue weighted by Gasteiger charge is -2.24. The summed E-state index contributed by atoms with van der Waals surface area (Å²) in [5.74, 6) is 0. The second-order valence-corrected chi connectivity index (χ2v) is 4.97. The van der Waals surface area contributed by atoms with Gasteiger partial charge < -0.3 is 5.11 Å². The Morgan fingerprint density at radius 2 is 1.70 bits per heavy atom. The van der Waals surface area contributed by atoms with Gasteiger partial charge in [-0.1, -0.05) is 17.7 Å². The number of carboxylic acid groups (broad SMARTS) is 1. The monoisotopic (exact) mass is 270 g/mol. The predicted molar refractivity (Wildman–Crippen MR) is 79.1 cm³/mol. The van der Waals surface area contributed by atoms with Gasteiger partial charge in [-0.2, -0.15) is 0 Å². The van der Waals surface area contributed by atoms with Crippen molar-refractivity contribution >= 4 is 11.8 Å². The summed E-state index contributed by atoms with van der Waals surface area (Å²) < 4.78 is 0. The van der Waals surface area contributed by atoms with Crippen LogP contribution >= 0.6 is 0 Å². The van der Waals surface area contributed by atoms with Crippen LogP contribution in [0.5, 0.6) is 0 Å². The number of nitrogens with zero attached hydrogens (tertiary/aromatic N) is 2. The number of anilines is 1. The van der Waals surface area contributed by atoms with Gasteiger partial charge in [0.25, 0.3) is 0 Å². The Balaban J connectivity index is 2.42. The van der Waals surface area contributed by atoms with E-state index in [0.717, 1.165) is 27.9 Å². The van der Waals surface area contributed by atoms with Gasteiger partial charge in [-0.15, -0.1) is 0 Å². The quantitative estimate of drug-likeness (QED) is 0.925. The zero-order valence-corrected chi connectivity index (χ0v) is 11.9. The Labute approximate surface area is 118 Å². The Morgan fingerprint density at radius 3 is 2.20 bits per heavy atom. The van der Waals surface area contributed by atoms with Crippen LogP contribution in [0.4, 0.5) is 10.5 Å². The number of aromatic nitrogens is 1. The molecule has 0 atom stereocenters. The molecular formula is C16H18N2O2. The lowest BCUT2D eigenvalue weighted by atomic mass is 10.0. The van der Waals surface area contributed by atoms with Crippen LogP contribution in [0.2, 0.25) is 0 Å². The van der Waals surface area contributed by atoms with Crippen LogP contribution in [0.25, 0.3) is 0 Å². The van der Waals surface area contributed by atoms with Crippen molar-refractivity contribution in [2.45, 2.75) is 27.3 Å². The average Bonchev–Trinajstić information content (AvgIpc) is 2.37. The molecule has 2 rings (SSSR count). The molecule has 0 aliphatic carbocycles. The van der Waals surface area contributed by atoms with E-state index >= 15 is 0 Å². The molecule has 0 aliphatic heterocycles. The summed E-state index contributed by atoms with van der Waals surface area (Å²) in [6.45, 7) is 6.22. The van der Waals surface area contributed by atoms with E-state index in [1.807, 2.05) is 45.0 Å². The smallest absolute Gasteiger partial charge is 0.412 e. The van der Waals surface area contributed by atoms with E-state index in [1.165, 1.54) is 4.90 Å². The lowest BCUT2D eigenvalue weighted by Crippen LogP contribution is -2.30. The molecule has 1 aromatic carbocycles. The number of hydrogen-bond donors (Lipinski definition) is 1. The molecule has 4 nitrogen and oxygen atoms in total. The van der Waals surface area contributed by atoms with E-state index in [-0.39, 0.29) is 0 Å². The Hall–Kier alpha value is -2.36. The maximum Gasteiger partial charge on any atom is 0.412 e. The molecule has 2 aromatic rings. The molecule has 0 saturated carbocycles. The number of rotatable bonds is 3. The normalized spacial score (nSPS) is 10.3. The third-order valence-corrected chi connectivity index (χ3v) is 3.23. The SMILES string of the molecule is Cc1cc(C)c(N(Cc2ccncc2)C(=O)O)c(C)c1. The number of carbonyl (C=O) groups is 1. The zero-order chi connectivity index (χ0) is 14.7. The second-order valence-electron chi connectivity index (χ2n) is 4.97. The number of hydrogen-bond acceptors (Lipinski definition) is 2. The van der Waals surface area contributed by atoms with Gasteiger partial charge in [0, 0.05) is 12.4 Å². The van der Waals surface area contributed by atoms with Crippen LogP contribution in [0.15, 0.2) is 36.7 Å². The third kappa shape index (κ3) is 2.96. The topological polar surface area (TPSA) is 53.4 Å². The lowest BCUT2D eigenvalue weighted by molar-refractivity contribution is 0.201. The Bertz CT molecular complexity index is 601. The van der Waals surface area contributed by atoms with E-state index in [0.29, 0.717) is 6.54 Å². The van der Waals surface area contributed by atoms with E-state index < -0.39 is 6.09 Å². The summed E-state index contributed by atoms with van der Waals surface area (Å²) in [4.78, 5) is 16.9. The van der Waals surface area contributed by atoms with Gasteiger partial charge in [-0.3, -0.25) is 9.88 Å². The van der Waals surface area contributed by atoms with Gasteiger partial charge >= 0.3 is 6.09 Å². The molecule has 104 valence electrons. The number of pyridine rings is 1. The number of aryl methyl sites for hydroxylation is 3. The van der Waals surface area contributed by atoms with Gasteiger partial charge in [0.2, 0.25) is 0 Å². The molecule has 1 amide bonds. The van der Waals surface area contributed by atoms with Gasteiger partial charge in [0.1, 0.15) is 0 Å². The van der Waals surface area contributed by atoms with Crippen molar-refractivity contribution in [3.05, 3.63) is 58.9 Å². The predicted octanol–water partition coefficient (Wildman–Crippen LogP) is 3.69. The van der Waals surface area contributed by atoms with Crippen molar-refractivity contribution in [2.75, 3.05) is 4.90 Å². The average molecular weight is 270 g/mol. The fourth-order valence-electron chi connectivity index (χ4n) is 2.51. The molecule has 4 heteroatoms. The molecule has 0 radical (unpaired) electrons. The number of benzene rings is 1. The largest absolute Gasteiger partial charge is 0.465 e. The zero-order valence-electron chi connectivity index (χ0n) is 11.9. The Morgan fingerprint density at radius 1 is 1.15 bits per heavy atom. The first-order chi connectivity index (χ1) is 9.49. The highest BCUT2D eigenvalue weighted by atomic mass is 16.4. The van der Waals surface area contributed by atoms with E-state index in [9.17, 15) is 9.90 Å². The summed E-state index contributed by atoms with van der Waals surface area (Å²) in [7, 11) is 0. The van der Waals surface area contributed by atoms with Crippen molar-refractivity contribution in [2.24, 2.45) is 0 Å². The summed E-state index contributed by atoms with van der Waals surface area (Å²) >= 11 is 0. The maximum atomic E-state index is 11.6. The molecule has 1 aromatic heterocycles. The molecule has 0 fully saturated rings. The highest BCUT2D eigenvalue weighted by Gasteiger charge is 2.19. The fourth-order valence-corrected chi connectivity index (χ4v) is 2.51. The van der Waals surface area contributed by atoms with E-state index in [1.54, 1.807) is 12.4 Å². The highest BCUT2D eigenvalue weighted by molar-refractivity contribution is 5.88. The van der Waals surface area contributed by atoms with Gasteiger partial charge in [0.05, 0.1) is 12.2 Å². The van der Waals surface area contributed by atoms with Crippen LogP contribution in [-0.4, -0.2) is 16.2 Å². The minimum atomic E-state index is -0.947. The van der Waals surface area contributed by atoms with E-state index in [4.69, 9.17) is 0 Å². The molecule has 0 unspecified atom stereocenters. The van der Waals surface area contributed by atoms with Gasteiger partial charge in [-0.25, -0.2) is 4.79 Å². The van der Waals surface area contributed by atoms with Crippen molar-refractivity contribution in [3.63, 3.8) is 0 Å². The van der Waals surface area contributed by atoms with Crippen molar-refractivity contribution in [1.82, 2.24) is 4.98 Å². The highest BCUT2D eigenvalue weighted by Crippen LogP contribution is 2.27. The minimum Gasteiger partial charge on any atom is -0.465 e. The van der Waals surface area contributed by atoms with E-state index in [2.05, 4.69) is 4.98 Å².